The maximum absolute atomic E-state index is 12.6. The lowest BCUT2D eigenvalue weighted by atomic mass is 9.98. The summed E-state index contributed by atoms with van der Waals surface area (Å²) in [6.45, 7) is 3.12. The van der Waals surface area contributed by atoms with Gasteiger partial charge in [-0.25, -0.2) is 4.99 Å². The van der Waals surface area contributed by atoms with Crippen molar-refractivity contribution in [2.45, 2.75) is 39.0 Å². The highest BCUT2D eigenvalue weighted by atomic mass is 19.4. The molecule has 0 aromatic heterocycles. The van der Waals surface area contributed by atoms with Gasteiger partial charge in [0.2, 0.25) is 5.60 Å². The summed E-state index contributed by atoms with van der Waals surface area (Å²) in [5.74, 6) is 0.880. The zero-order valence-electron chi connectivity index (χ0n) is 10.3. The predicted molar refractivity (Wildman–Crippen MR) is 60.1 cm³/mol. The van der Waals surface area contributed by atoms with Crippen molar-refractivity contribution in [1.82, 2.24) is 0 Å². The number of carbonyl (C=O) groups excluding carboxylic acids is 1. The van der Waals surface area contributed by atoms with Gasteiger partial charge in [0.1, 0.15) is 0 Å². The van der Waals surface area contributed by atoms with Gasteiger partial charge in [-0.3, -0.25) is 4.79 Å². The number of rotatable bonds is 3. The maximum Gasteiger partial charge on any atom is 0.427 e. The van der Waals surface area contributed by atoms with Crippen LogP contribution in [0.2, 0.25) is 0 Å². The van der Waals surface area contributed by atoms with Gasteiger partial charge in [0.15, 0.2) is 0 Å². The van der Waals surface area contributed by atoms with Crippen molar-refractivity contribution < 1.29 is 22.7 Å². The number of halogens is 3. The van der Waals surface area contributed by atoms with Crippen LogP contribution in [0.1, 0.15) is 27.2 Å². The third-order valence-corrected chi connectivity index (χ3v) is 2.64. The SMILES string of the molecule is CC(C(=O)OC(C)(C)C(F)(F)F)C1=C=NC=CC1. The molecule has 1 rings (SSSR count). The zero-order chi connectivity index (χ0) is 14.0. The number of allylic oxidation sites excluding steroid dienone is 1. The normalized spacial score (nSPS) is 17.3. The molecule has 0 bridgehead atoms. The zero-order valence-corrected chi connectivity index (χ0v) is 10.3. The Hall–Kier alpha value is -1.55. The fraction of sp³-hybridized carbons (Fsp3) is 0.583. The van der Waals surface area contributed by atoms with Crippen molar-refractivity contribution in [3.63, 3.8) is 0 Å². The van der Waals surface area contributed by atoms with Crippen LogP contribution in [0.25, 0.3) is 0 Å². The van der Waals surface area contributed by atoms with Crippen molar-refractivity contribution in [2.24, 2.45) is 10.9 Å². The Balaban J connectivity index is 2.75. The van der Waals surface area contributed by atoms with Gasteiger partial charge in [-0.1, -0.05) is 6.08 Å². The molecule has 1 atom stereocenters. The van der Waals surface area contributed by atoms with Crippen LogP contribution in [0.5, 0.6) is 0 Å². The number of hydrogen-bond acceptors (Lipinski definition) is 3. The minimum Gasteiger partial charge on any atom is -0.450 e. The summed E-state index contributed by atoms with van der Waals surface area (Å²) in [6.07, 6.45) is -0.949. The first-order chi connectivity index (χ1) is 8.15. The Morgan fingerprint density at radius 3 is 2.56 bits per heavy atom. The molecule has 0 N–H and O–H groups in total. The third kappa shape index (κ3) is 3.23. The summed E-state index contributed by atoms with van der Waals surface area (Å²) >= 11 is 0. The predicted octanol–water partition coefficient (Wildman–Crippen LogP) is 3.02. The van der Waals surface area contributed by atoms with E-state index in [2.05, 4.69) is 15.6 Å². The van der Waals surface area contributed by atoms with Crippen molar-refractivity contribution in [3.05, 3.63) is 17.8 Å². The average Bonchev–Trinajstić information content (AvgIpc) is 2.27. The fourth-order valence-corrected chi connectivity index (χ4v) is 1.21. The van der Waals surface area contributed by atoms with Gasteiger partial charge in [-0.2, -0.15) is 13.2 Å². The summed E-state index contributed by atoms with van der Waals surface area (Å²) in [4.78, 5) is 15.4. The molecule has 0 saturated heterocycles. The van der Waals surface area contributed by atoms with Gasteiger partial charge in [0.05, 0.1) is 5.92 Å². The molecule has 0 aliphatic carbocycles. The van der Waals surface area contributed by atoms with Crippen LogP contribution in [0.4, 0.5) is 13.2 Å². The van der Waals surface area contributed by atoms with Crippen molar-refractivity contribution in [1.29, 1.82) is 0 Å². The lowest BCUT2D eigenvalue weighted by Crippen LogP contribution is -2.44. The first-order valence-electron chi connectivity index (χ1n) is 5.41. The van der Waals surface area contributed by atoms with Crippen molar-refractivity contribution in [2.75, 3.05) is 0 Å². The summed E-state index contributed by atoms with van der Waals surface area (Å²) in [5, 5.41) is 0. The second-order valence-corrected chi connectivity index (χ2v) is 4.51. The number of esters is 1. The van der Waals surface area contributed by atoms with E-state index in [9.17, 15) is 18.0 Å². The first kappa shape index (κ1) is 14.5. The maximum atomic E-state index is 12.6. The number of ether oxygens (including phenoxy) is 1. The minimum absolute atomic E-state index is 0.437. The molecule has 0 radical (unpaired) electrons. The smallest absolute Gasteiger partial charge is 0.427 e. The third-order valence-electron chi connectivity index (χ3n) is 2.64. The van der Waals surface area contributed by atoms with Crippen LogP contribution in [-0.2, 0) is 9.53 Å². The number of nitrogens with zero attached hydrogens (tertiary/aromatic N) is 1. The highest BCUT2D eigenvalue weighted by Gasteiger charge is 2.51. The van der Waals surface area contributed by atoms with Crippen LogP contribution < -0.4 is 0 Å². The number of carbonyl (C=O) groups is 1. The molecule has 3 nitrogen and oxygen atoms in total. The van der Waals surface area contributed by atoms with E-state index in [4.69, 9.17) is 0 Å². The van der Waals surface area contributed by atoms with E-state index in [0.29, 0.717) is 12.0 Å². The standard InChI is InChI=1S/C12H14F3NO2/c1-8(9-5-4-6-16-7-9)10(17)18-11(2,3)12(13,14)15/h4,6,8H,5H2,1-3H3. The molecule has 0 aromatic carbocycles. The monoisotopic (exact) mass is 261 g/mol. The average molecular weight is 261 g/mol. The summed E-state index contributed by atoms with van der Waals surface area (Å²) in [5.41, 5.74) is -1.99. The Labute approximate surface area is 103 Å². The molecule has 1 heterocycles. The number of aliphatic imine (C=N–C) groups is 1. The van der Waals surface area contributed by atoms with Crippen LogP contribution in [0.15, 0.2) is 22.8 Å². The van der Waals surface area contributed by atoms with Gasteiger partial charge in [0, 0.05) is 11.8 Å². The lowest BCUT2D eigenvalue weighted by molar-refractivity contribution is -0.258. The Bertz CT molecular complexity index is 429. The molecular weight excluding hydrogens is 247 g/mol. The molecular formula is C12H14F3NO2. The Kier molecular flexibility index (Phi) is 4.02. The van der Waals surface area contributed by atoms with Gasteiger partial charge in [-0.15, -0.1) is 0 Å². The lowest BCUT2D eigenvalue weighted by Gasteiger charge is -2.29. The second-order valence-electron chi connectivity index (χ2n) is 4.51. The molecule has 1 aliphatic heterocycles. The highest BCUT2D eigenvalue weighted by molar-refractivity contribution is 5.80. The van der Waals surface area contributed by atoms with Gasteiger partial charge < -0.3 is 4.74 Å². The van der Waals surface area contributed by atoms with E-state index >= 15 is 0 Å². The minimum atomic E-state index is -4.60. The second kappa shape index (κ2) is 4.98. The Morgan fingerprint density at radius 2 is 2.11 bits per heavy atom. The molecule has 18 heavy (non-hydrogen) atoms. The summed E-state index contributed by atoms with van der Waals surface area (Å²) in [7, 11) is 0. The van der Waals surface area contributed by atoms with Gasteiger partial charge in [0.25, 0.3) is 0 Å². The van der Waals surface area contributed by atoms with E-state index in [1.54, 1.807) is 6.08 Å². The van der Waals surface area contributed by atoms with Crippen molar-refractivity contribution in [3.8, 4) is 0 Å². The molecule has 100 valence electrons. The molecule has 0 fully saturated rings. The molecule has 0 aromatic rings. The molecule has 0 spiro atoms. The topological polar surface area (TPSA) is 38.7 Å². The molecule has 0 saturated carbocycles. The van der Waals surface area contributed by atoms with Crippen molar-refractivity contribution >= 4 is 11.8 Å². The largest absolute Gasteiger partial charge is 0.450 e. The van der Waals surface area contributed by atoms with Gasteiger partial charge >= 0.3 is 12.1 Å². The van der Waals surface area contributed by atoms with E-state index in [0.717, 1.165) is 13.8 Å². The van der Waals surface area contributed by atoms with E-state index in [1.165, 1.54) is 13.1 Å². The first-order valence-corrected chi connectivity index (χ1v) is 5.41. The molecule has 0 amide bonds. The number of hydrogen-bond donors (Lipinski definition) is 0. The molecule has 1 aliphatic rings. The van der Waals surface area contributed by atoms with E-state index in [-0.39, 0.29) is 0 Å². The summed E-state index contributed by atoms with van der Waals surface area (Å²) in [6, 6.07) is 0. The summed E-state index contributed by atoms with van der Waals surface area (Å²) < 4.78 is 42.2. The van der Waals surface area contributed by atoms with Crippen LogP contribution in [-0.4, -0.2) is 23.6 Å². The highest BCUT2D eigenvalue weighted by Crippen LogP contribution is 2.34. The molecule has 6 heteroatoms. The molecule has 1 unspecified atom stereocenters. The van der Waals surface area contributed by atoms with E-state index < -0.39 is 23.7 Å². The van der Waals surface area contributed by atoms with Gasteiger partial charge in [-0.05, 0) is 33.1 Å². The van der Waals surface area contributed by atoms with Crippen LogP contribution in [0, 0.1) is 5.92 Å². The van der Waals surface area contributed by atoms with Crippen LogP contribution in [0.3, 0.4) is 0 Å². The fourth-order valence-electron chi connectivity index (χ4n) is 1.21. The van der Waals surface area contributed by atoms with Crippen LogP contribution >= 0.6 is 0 Å². The quantitative estimate of drug-likeness (QED) is 0.732. The number of alkyl halides is 3. The van der Waals surface area contributed by atoms with E-state index in [1.807, 2.05) is 0 Å². The Morgan fingerprint density at radius 1 is 1.50 bits per heavy atom.